The standard InChI is InChI=1S/C13H19N3O2/c1-8-10(5-12(18-8)13(17)15-14)7-16-6-9-2-3-11(16)4-9/h5,9,11H,2-4,6-7,14H2,1H3,(H,15,17). The second kappa shape index (κ2) is 4.40. The fourth-order valence-corrected chi connectivity index (χ4v) is 3.30. The molecule has 3 rings (SSSR count). The van der Waals surface area contributed by atoms with Gasteiger partial charge in [-0.1, -0.05) is 0 Å². The molecule has 1 aromatic rings. The minimum absolute atomic E-state index is 0.300. The first-order valence-electron chi connectivity index (χ1n) is 6.51. The Labute approximate surface area is 106 Å². The number of hydrogen-bond acceptors (Lipinski definition) is 4. The highest BCUT2D eigenvalue weighted by molar-refractivity contribution is 5.91. The molecule has 0 radical (unpaired) electrons. The molecule has 5 heteroatoms. The van der Waals surface area contributed by atoms with Crippen molar-refractivity contribution in [3.63, 3.8) is 0 Å². The predicted molar refractivity (Wildman–Crippen MR) is 66.6 cm³/mol. The highest BCUT2D eigenvalue weighted by atomic mass is 16.4. The Kier molecular flexibility index (Phi) is 2.87. The summed E-state index contributed by atoms with van der Waals surface area (Å²) in [5.41, 5.74) is 3.19. The number of amides is 1. The average Bonchev–Trinajstić information content (AvgIpc) is 3.05. The van der Waals surface area contributed by atoms with Crippen LogP contribution in [0.1, 0.15) is 41.1 Å². The van der Waals surface area contributed by atoms with E-state index in [4.69, 9.17) is 10.3 Å². The van der Waals surface area contributed by atoms with Gasteiger partial charge in [0.15, 0.2) is 5.76 Å². The number of carbonyl (C=O) groups is 1. The topological polar surface area (TPSA) is 71.5 Å². The molecule has 0 aromatic carbocycles. The highest BCUT2D eigenvalue weighted by Crippen LogP contribution is 2.38. The summed E-state index contributed by atoms with van der Waals surface area (Å²) in [6.45, 7) is 3.97. The number of piperidine rings is 1. The van der Waals surface area contributed by atoms with Crippen molar-refractivity contribution in [1.82, 2.24) is 10.3 Å². The van der Waals surface area contributed by atoms with Crippen molar-refractivity contribution in [2.24, 2.45) is 11.8 Å². The van der Waals surface area contributed by atoms with Gasteiger partial charge < -0.3 is 4.42 Å². The maximum Gasteiger partial charge on any atom is 0.300 e. The maximum atomic E-state index is 11.4. The van der Waals surface area contributed by atoms with E-state index in [1.807, 2.05) is 13.0 Å². The Morgan fingerprint density at radius 1 is 1.61 bits per heavy atom. The van der Waals surface area contributed by atoms with Crippen LogP contribution in [0.3, 0.4) is 0 Å². The first-order valence-corrected chi connectivity index (χ1v) is 6.51. The van der Waals surface area contributed by atoms with Crippen LogP contribution in [0, 0.1) is 12.8 Å². The second-order valence-corrected chi connectivity index (χ2v) is 5.43. The third-order valence-corrected chi connectivity index (χ3v) is 4.27. The number of rotatable bonds is 3. The van der Waals surface area contributed by atoms with Crippen molar-refractivity contribution >= 4 is 5.91 Å². The van der Waals surface area contributed by atoms with E-state index in [1.165, 1.54) is 25.8 Å². The monoisotopic (exact) mass is 249 g/mol. The van der Waals surface area contributed by atoms with Crippen LogP contribution in [0.5, 0.6) is 0 Å². The number of nitrogens with two attached hydrogens (primary N) is 1. The van der Waals surface area contributed by atoms with Crippen molar-refractivity contribution < 1.29 is 9.21 Å². The molecule has 1 aliphatic carbocycles. The van der Waals surface area contributed by atoms with Crippen LogP contribution in [-0.4, -0.2) is 23.4 Å². The number of hydrogen-bond donors (Lipinski definition) is 2. The maximum absolute atomic E-state index is 11.4. The molecule has 18 heavy (non-hydrogen) atoms. The van der Waals surface area contributed by atoms with Crippen LogP contribution in [0.2, 0.25) is 0 Å². The molecule has 1 saturated heterocycles. The lowest BCUT2D eigenvalue weighted by Crippen LogP contribution is -2.31. The quantitative estimate of drug-likeness (QED) is 0.479. The summed E-state index contributed by atoms with van der Waals surface area (Å²) in [6, 6.07) is 2.54. The summed E-state index contributed by atoms with van der Waals surface area (Å²) in [5, 5.41) is 0. The largest absolute Gasteiger partial charge is 0.456 e. The number of nitrogens with zero attached hydrogens (tertiary/aromatic N) is 1. The number of hydrazine groups is 1. The van der Waals surface area contributed by atoms with Crippen molar-refractivity contribution in [3.8, 4) is 0 Å². The van der Waals surface area contributed by atoms with Gasteiger partial charge in [-0.05, 0) is 38.2 Å². The van der Waals surface area contributed by atoms with E-state index in [-0.39, 0.29) is 5.91 Å². The summed E-state index contributed by atoms with van der Waals surface area (Å²) in [5.74, 6) is 6.74. The van der Waals surface area contributed by atoms with Gasteiger partial charge in [-0.3, -0.25) is 15.1 Å². The summed E-state index contributed by atoms with van der Waals surface area (Å²) in [4.78, 5) is 13.9. The smallest absolute Gasteiger partial charge is 0.300 e. The lowest BCUT2D eigenvalue weighted by molar-refractivity contribution is 0.0924. The van der Waals surface area contributed by atoms with Crippen LogP contribution in [0.15, 0.2) is 10.5 Å². The van der Waals surface area contributed by atoms with Crippen LogP contribution in [0.4, 0.5) is 0 Å². The molecule has 3 N–H and O–H groups in total. The lowest BCUT2D eigenvalue weighted by Gasteiger charge is -2.26. The molecule has 2 atom stereocenters. The number of carbonyl (C=O) groups excluding carboxylic acids is 1. The average molecular weight is 249 g/mol. The second-order valence-electron chi connectivity index (χ2n) is 5.43. The molecule has 98 valence electrons. The Hall–Kier alpha value is -1.33. The molecular formula is C13H19N3O2. The Morgan fingerprint density at radius 3 is 3.06 bits per heavy atom. The van der Waals surface area contributed by atoms with Crippen LogP contribution in [0.25, 0.3) is 0 Å². The molecule has 2 heterocycles. The van der Waals surface area contributed by atoms with E-state index in [0.29, 0.717) is 5.76 Å². The minimum Gasteiger partial charge on any atom is -0.456 e. The zero-order chi connectivity index (χ0) is 12.7. The number of likely N-dealkylation sites (tertiary alicyclic amines) is 1. The zero-order valence-electron chi connectivity index (χ0n) is 10.6. The summed E-state index contributed by atoms with van der Waals surface area (Å²) in [7, 11) is 0. The first kappa shape index (κ1) is 11.7. The van der Waals surface area contributed by atoms with Gasteiger partial charge in [0, 0.05) is 24.7 Å². The first-order chi connectivity index (χ1) is 8.67. The number of nitrogen functional groups attached to an aromatic ring is 1. The van der Waals surface area contributed by atoms with Crippen LogP contribution < -0.4 is 11.3 Å². The Balaban J connectivity index is 1.73. The number of nitrogens with one attached hydrogen (secondary N) is 1. The number of aryl methyl sites for hydroxylation is 1. The Bertz CT molecular complexity index is 469. The zero-order valence-corrected chi connectivity index (χ0v) is 10.6. The molecule has 0 spiro atoms. The van der Waals surface area contributed by atoms with E-state index in [2.05, 4.69) is 10.3 Å². The molecule has 2 aliphatic rings. The van der Waals surface area contributed by atoms with E-state index >= 15 is 0 Å². The highest BCUT2D eigenvalue weighted by Gasteiger charge is 2.37. The lowest BCUT2D eigenvalue weighted by atomic mass is 10.1. The molecular weight excluding hydrogens is 230 g/mol. The van der Waals surface area contributed by atoms with Gasteiger partial charge in [0.2, 0.25) is 0 Å². The van der Waals surface area contributed by atoms with E-state index in [0.717, 1.165) is 29.8 Å². The van der Waals surface area contributed by atoms with Crippen LogP contribution in [-0.2, 0) is 6.54 Å². The molecule has 1 amide bonds. The molecule has 5 nitrogen and oxygen atoms in total. The van der Waals surface area contributed by atoms with E-state index in [9.17, 15) is 4.79 Å². The summed E-state index contributed by atoms with van der Waals surface area (Å²) < 4.78 is 5.44. The van der Waals surface area contributed by atoms with Gasteiger partial charge >= 0.3 is 5.91 Å². The Morgan fingerprint density at radius 2 is 2.44 bits per heavy atom. The van der Waals surface area contributed by atoms with Gasteiger partial charge in [-0.15, -0.1) is 0 Å². The molecule has 1 aliphatic heterocycles. The minimum atomic E-state index is -0.368. The van der Waals surface area contributed by atoms with Gasteiger partial charge in [0.05, 0.1) is 0 Å². The summed E-state index contributed by atoms with van der Waals surface area (Å²) in [6.07, 6.45) is 4.04. The van der Waals surface area contributed by atoms with Gasteiger partial charge in [-0.25, -0.2) is 5.84 Å². The third-order valence-electron chi connectivity index (χ3n) is 4.27. The third kappa shape index (κ3) is 1.93. The van der Waals surface area contributed by atoms with Gasteiger partial charge in [0.25, 0.3) is 0 Å². The number of furan rings is 1. The van der Waals surface area contributed by atoms with Gasteiger partial charge in [0.1, 0.15) is 5.76 Å². The van der Waals surface area contributed by atoms with Crippen molar-refractivity contribution in [2.45, 2.75) is 38.8 Å². The van der Waals surface area contributed by atoms with Crippen LogP contribution >= 0.6 is 0 Å². The SMILES string of the molecule is Cc1oc(C(=O)NN)cc1CN1CC2CCC1C2. The molecule has 1 aromatic heterocycles. The van der Waals surface area contributed by atoms with Gasteiger partial charge in [-0.2, -0.15) is 0 Å². The molecule has 2 fully saturated rings. The van der Waals surface area contributed by atoms with E-state index < -0.39 is 0 Å². The number of fused-ring (bicyclic) bond motifs is 2. The fraction of sp³-hybridized carbons (Fsp3) is 0.615. The van der Waals surface area contributed by atoms with Crippen molar-refractivity contribution in [2.75, 3.05) is 6.54 Å². The van der Waals surface area contributed by atoms with Crippen molar-refractivity contribution in [1.29, 1.82) is 0 Å². The predicted octanol–water partition coefficient (Wildman–Crippen LogP) is 1.18. The summed E-state index contributed by atoms with van der Waals surface area (Å²) >= 11 is 0. The molecule has 2 bridgehead atoms. The normalized spacial score (nSPS) is 26.8. The fourth-order valence-electron chi connectivity index (χ4n) is 3.30. The molecule has 1 saturated carbocycles. The van der Waals surface area contributed by atoms with E-state index in [1.54, 1.807) is 0 Å². The molecule has 2 unspecified atom stereocenters. The van der Waals surface area contributed by atoms with Crippen molar-refractivity contribution in [3.05, 3.63) is 23.2 Å².